The van der Waals surface area contributed by atoms with Gasteiger partial charge in [-0.1, -0.05) is 30.3 Å². The minimum absolute atomic E-state index is 0.0200. The number of fused-ring (bicyclic) bond motifs is 1. The number of benzene rings is 2. The number of pyridine rings is 1. The molecule has 1 amide bonds. The minimum atomic E-state index is -0.966. The summed E-state index contributed by atoms with van der Waals surface area (Å²) < 4.78 is 5.27. The van der Waals surface area contributed by atoms with Crippen LogP contribution in [0.5, 0.6) is 0 Å². The predicted octanol–water partition coefficient (Wildman–Crippen LogP) is 3.52. The molecule has 0 bridgehead atoms. The van der Waals surface area contributed by atoms with Gasteiger partial charge in [-0.2, -0.15) is 5.26 Å². The van der Waals surface area contributed by atoms with Gasteiger partial charge >= 0.3 is 5.97 Å². The molecule has 31 heavy (non-hydrogen) atoms. The van der Waals surface area contributed by atoms with Crippen LogP contribution in [0.15, 0.2) is 47.3 Å². The zero-order valence-corrected chi connectivity index (χ0v) is 17.6. The van der Waals surface area contributed by atoms with Gasteiger partial charge in [-0.3, -0.25) is 14.4 Å². The monoisotopic (exact) mass is 417 g/mol. The highest BCUT2D eigenvalue weighted by molar-refractivity contribution is 5.97. The number of nitrogens with zero attached hydrogens (tertiary/aromatic N) is 1. The molecule has 3 rings (SSSR count). The van der Waals surface area contributed by atoms with E-state index in [2.05, 4.69) is 10.3 Å². The average Bonchev–Trinajstić information content (AvgIpc) is 2.73. The van der Waals surface area contributed by atoms with E-state index in [0.29, 0.717) is 23.4 Å². The van der Waals surface area contributed by atoms with E-state index in [9.17, 15) is 14.4 Å². The number of hydrogen-bond donors (Lipinski definition) is 2. The summed E-state index contributed by atoms with van der Waals surface area (Å²) >= 11 is 0. The molecular weight excluding hydrogens is 394 g/mol. The van der Waals surface area contributed by atoms with Crippen molar-refractivity contribution in [1.29, 1.82) is 5.26 Å². The first-order valence-corrected chi connectivity index (χ1v) is 9.91. The Kier molecular flexibility index (Phi) is 6.51. The lowest BCUT2D eigenvalue weighted by molar-refractivity contribution is -0.153. The quantitative estimate of drug-likeness (QED) is 0.596. The third kappa shape index (κ3) is 4.98. The van der Waals surface area contributed by atoms with Crippen LogP contribution in [0.4, 0.5) is 5.69 Å². The molecule has 0 saturated heterocycles. The van der Waals surface area contributed by atoms with Crippen molar-refractivity contribution in [2.24, 2.45) is 0 Å². The molecule has 0 aliphatic heterocycles. The maximum absolute atomic E-state index is 12.4. The summed E-state index contributed by atoms with van der Waals surface area (Å²) in [5, 5.41) is 14.0. The second kappa shape index (κ2) is 9.26. The predicted molar refractivity (Wildman–Crippen MR) is 118 cm³/mol. The van der Waals surface area contributed by atoms with Crippen LogP contribution in [-0.4, -0.2) is 23.0 Å². The molecule has 0 aliphatic carbocycles. The fourth-order valence-electron chi connectivity index (χ4n) is 3.47. The summed E-state index contributed by atoms with van der Waals surface area (Å²) in [5.41, 5.74) is 2.10. The first kappa shape index (κ1) is 21.8. The van der Waals surface area contributed by atoms with Crippen molar-refractivity contribution < 1.29 is 14.3 Å². The number of carbonyl (C=O) groups is 2. The van der Waals surface area contributed by atoms with Crippen molar-refractivity contribution in [2.75, 3.05) is 5.32 Å². The van der Waals surface area contributed by atoms with E-state index in [1.165, 1.54) is 6.92 Å². The molecule has 0 aliphatic rings. The Hall–Kier alpha value is -3.92. The summed E-state index contributed by atoms with van der Waals surface area (Å²) in [4.78, 5) is 39.1. The van der Waals surface area contributed by atoms with E-state index in [-0.39, 0.29) is 12.0 Å². The fourth-order valence-corrected chi connectivity index (χ4v) is 3.47. The molecule has 158 valence electrons. The molecule has 3 aromatic rings. The van der Waals surface area contributed by atoms with Crippen LogP contribution in [0.2, 0.25) is 0 Å². The summed E-state index contributed by atoms with van der Waals surface area (Å²) in [7, 11) is 0. The number of carbonyl (C=O) groups excluding carboxylic acids is 2. The molecule has 0 radical (unpaired) electrons. The van der Waals surface area contributed by atoms with E-state index in [1.807, 2.05) is 42.5 Å². The standard InChI is InChI=1S/C24H23N3O4/c1-14-20(15(2)26-24(30)21(14)13-25)10-11-22(28)31-16(3)23(29)27-19-9-8-17-6-4-5-7-18(17)12-19/h4-9,12,16H,10-11H2,1-3H3,(H,26,30)(H,27,29)/t16-/m0/s1. The van der Waals surface area contributed by atoms with Crippen LogP contribution in [0.1, 0.15) is 35.7 Å². The summed E-state index contributed by atoms with van der Waals surface area (Å²) in [6, 6.07) is 15.2. The van der Waals surface area contributed by atoms with E-state index in [0.717, 1.165) is 16.3 Å². The molecule has 0 spiro atoms. The van der Waals surface area contributed by atoms with Crippen molar-refractivity contribution in [3.63, 3.8) is 0 Å². The van der Waals surface area contributed by atoms with E-state index in [4.69, 9.17) is 10.00 Å². The number of esters is 1. The molecule has 2 N–H and O–H groups in total. The molecule has 0 fully saturated rings. The number of aryl methyl sites for hydroxylation is 1. The maximum atomic E-state index is 12.4. The molecule has 1 aromatic heterocycles. The molecule has 1 atom stereocenters. The summed E-state index contributed by atoms with van der Waals surface area (Å²) in [5.74, 6) is -0.962. The van der Waals surface area contributed by atoms with Crippen molar-refractivity contribution in [1.82, 2.24) is 4.98 Å². The smallest absolute Gasteiger partial charge is 0.306 e. The van der Waals surface area contributed by atoms with Crippen molar-refractivity contribution in [3.05, 3.63) is 75.2 Å². The molecule has 7 heteroatoms. The third-order valence-corrected chi connectivity index (χ3v) is 5.19. The lowest BCUT2D eigenvalue weighted by Gasteiger charge is -2.15. The number of H-pyrrole nitrogens is 1. The van der Waals surface area contributed by atoms with Crippen molar-refractivity contribution >= 4 is 28.3 Å². The van der Waals surface area contributed by atoms with E-state index >= 15 is 0 Å². The van der Waals surface area contributed by atoms with Crippen LogP contribution in [0.3, 0.4) is 0 Å². The topological polar surface area (TPSA) is 112 Å². The number of ether oxygens (including phenoxy) is 1. The molecule has 0 unspecified atom stereocenters. The van der Waals surface area contributed by atoms with Crippen LogP contribution >= 0.6 is 0 Å². The van der Waals surface area contributed by atoms with Gasteiger partial charge in [0.05, 0.1) is 0 Å². The number of anilines is 1. The first-order valence-electron chi connectivity index (χ1n) is 9.91. The zero-order chi connectivity index (χ0) is 22.5. The number of nitrogens with one attached hydrogen (secondary N) is 2. The molecule has 2 aromatic carbocycles. The lowest BCUT2D eigenvalue weighted by Crippen LogP contribution is -2.30. The number of aromatic amines is 1. The first-order chi connectivity index (χ1) is 14.8. The highest BCUT2D eigenvalue weighted by atomic mass is 16.5. The lowest BCUT2D eigenvalue weighted by atomic mass is 9.99. The van der Waals surface area contributed by atoms with Gasteiger partial charge in [-0.15, -0.1) is 0 Å². The van der Waals surface area contributed by atoms with Gasteiger partial charge in [0.1, 0.15) is 11.6 Å². The summed E-state index contributed by atoms with van der Waals surface area (Å²) in [6.07, 6.45) is -0.654. The Bertz CT molecular complexity index is 1250. The third-order valence-electron chi connectivity index (χ3n) is 5.19. The number of amides is 1. The zero-order valence-electron chi connectivity index (χ0n) is 17.6. The van der Waals surface area contributed by atoms with Crippen LogP contribution in [0, 0.1) is 25.2 Å². The highest BCUT2D eigenvalue weighted by Crippen LogP contribution is 2.19. The Morgan fingerprint density at radius 1 is 1.16 bits per heavy atom. The molecular formula is C24H23N3O4. The van der Waals surface area contributed by atoms with Gasteiger partial charge in [0.15, 0.2) is 6.10 Å². The minimum Gasteiger partial charge on any atom is -0.453 e. The van der Waals surface area contributed by atoms with Crippen LogP contribution < -0.4 is 10.9 Å². The number of rotatable bonds is 6. The van der Waals surface area contributed by atoms with Gasteiger partial charge < -0.3 is 15.0 Å². The second-order valence-corrected chi connectivity index (χ2v) is 7.35. The Morgan fingerprint density at radius 2 is 1.87 bits per heavy atom. The molecule has 1 heterocycles. The van der Waals surface area contributed by atoms with Gasteiger partial charge in [0.2, 0.25) is 0 Å². The normalized spacial score (nSPS) is 11.5. The number of hydrogen-bond acceptors (Lipinski definition) is 5. The SMILES string of the molecule is Cc1[nH]c(=O)c(C#N)c(C)c1CCC(=O)O[C@@H](C)C(=O)Nc1ccc2ccccc2c1. The maximum Gasteiger partial charge on any atom is 0.306 e. The van der Waals surface area contributed by atoms with Crippen LogP contribution in [-0.2, 0) is 20.7 Å². The summed E-state index contributed by atoms with van der Waals surface area (Å²) in [6.45, 7) is 4.91. The van der Waals surface area contributed by atoms with Gasteiger partial charge in [-0.25, -0.2) is 0 Å². The highest BCUT2D eigenvalue weighted by Gasteiger charge is 2.19. The van der Waals surface area contributed by atoms with Crippen LogP contribution in [0.25, 0.3) is 10.8 Å². The molecule has 7 nitrogen and oxygen atoms in total. The largest absolute Gasteiger partial charge is 0.453 e. The fraction of sp³-hybridized carbons (Fsp3) is 0.250. The van der Waals surface area contributed by atoms with Gasteiger partial charge in [-0.05, 0) is 61.2 Å². The molecule has 0 saturated carbocycles. The number of nitriles is 1. The van der Waals surface area contributed by atoms with E-state index < -0.39 is 23.5 Å². The van der Waals surface area contributed by atoms with E-state index in [1.54, 1.807) is 19.9 Å². The average molecular weight is 417 g/mol. The Morgan fingerprint density at radius 3 is 2.58 bits per heavy atom. The Balaban J connectivity index is 1.59. The van der Waals surface area contributed by atoms with Gasteiger partial charge in [0.25, 0.3) is 11.5 Å². The van der Waals surface area contributed by atoms with Gasteiger partial charge in [0, 0.05) is 17.8 Å². The van der Waals surface area contributed by atoms with Crippen molar-refractivity contribution in [2.45, 2.75) is 39.7 Å². The van der Waals surface area contributed by atoms with Crippen molar-refractivity contribution in [3.8, 4) is 6.07 Å². The Labute approximate surface area is 179 Å². The second-order valence-electron chi connectivity index (χ2n) is 7.35. The number of aromatic nitrogens is 1.